The van der Waals surface area contributed by atoms with Crippen LogP contribution in [0.3, 0.4) is 0 Å². The lowest BCUT2D eigenvalue weighted by atomic mass is 9.84. The quantitative estimate of drug-likeness (QED) is 0.683. The average molecular weight is 284 g/mol. The van der Waals surface area contributed by atoms with Crippen LogP contribution in [-0.4, -0.2) is 48.3 Å². The summed E-state index contributed by atoms with van der Waals surface area (Å²) in [6.07, 6.45) is 7.88. The summed E-state index contributed by atoms with van der Waals surface area (Å²) in [5.74, 6) is 0. The predicted octanol–water partition coefficient (Wildman–Crippen LogP) is 3.03. The van der Waals surface area contributed by atoms with Gasteiger partial charge in [0.25, 0.3) is 0 Å². The van der Waals surface area contributed by atoms with Crippen molar-refractivity contribution in [3.05, 3.63) is 0 Å². The van der Waals surface area contributed by atoms with Gasteiger partial charge in [-0.25, -0.2) is 0 Å². The minimum Gasteiger partial charge on any atom is -0.395 e. The van der Waals surface area contributed by atoms with Crippen LogP contribution in [0.2, 0.25) is 0 Å². The topological polar surface area (TPSA) is 35.5 Å². The number of aliphatic hydroxyl groups excluding tert-OH is 1. The van der Waals surface area contributed by atoms with Crippen LogP contribution in [0.25, 0.3) is 0 Å². The summed E-state index contributed by atoms with van der Waals surface area (Å²) in [4.78, 5) is 2.49. The molecular formula is C17H36N2O. The molecule has 120 valence electrons. The number of nitrogens with zero attached hydrogens (tertiary/aromatic N) is 1. The molecule has 1 saturated carbocycles. The standard InChI is InChI=1S/C17H36N2O/c1-5-6-11-19(12-13-20)15-17(9-7-8-10-17)14-18-16(2,3)4/h18,20H,5-15H2,1-4H3. The third-order valence-electron chi connectivity index (χ3n) is 4.46. The van der Waals surface area contributed by atoms with Gasteiger partial charge in [0.15, 0.2) is 0 Å². The zero-order valence-corrected chi connectivity index (χ0v) is 14.2. The second kappa shape index (κ2) is 8.35. The molecule has 0 amide bonds. The Morgan fingerprint density at radius 2 is 1.80 bits per heavy atom. The first-order valence-corrected chi connectivity index (χ1v) is 8.49. The Bertz CT molecular complexity index is 254. The van der Waals surface area contributed by atoms with Crippen LogP contribution in [0.1, 0.15) is 66.2 Å². The molecule has 0 radical (unpaired) electrons. The Balaban J connectivity index is 2.58. The van der Waals surface area contributed by atoms with Crippen molar-refractivity contribution in [2.45, 2.75) is 71.8 Å². The monoisotopic (exact) mass is 284 g/mol. The lowest BCUT2D eigenvalue weighted by molar-refractivity contribution is 0.117. The highest BCUT2D eigenvalue weighted by molar-refractivity contribution is 4.91. The first-order chi connectivity index (χ1) is 9.41. The molecule has 3 nitrogen and oxygen atoms in total. The molecule has 0 aromatic carbocycles. The van der Waals surface area contributed by atoms with E-state index >= 15 is 0 Å². The molecule has 0 aromatic heterocycles. The molecule has 0 atom stereocenters. The highest BCUT2D eigenvalue weighted by Gasteiger charge is 2.36. The third-order valence-corrected chi connectivity index (χ3v) is 4.46. The lowest BCUT2D eigenvalue weighted by Gasteiger charge is -2.38. The Morgan fingerprint density at radius 3 is 2.30 bits per heavy atom. The fourth-order valence-corrected chi connectivity index (χ4v) is 3.24. The molecule has 1 aliphatic carbocycles. The van der Waals surface area contributed by atoms with Crippen molar-refractivity contribution < 1.29 is 5.11 Å². The van der Waals surface area contributed by atoms with Gasteiger partial charge in [-0.15, -0.1) is 0 Å². The molecule has 0 aliphatic heterocycles. The number of unbranched alkanes of at least 4 members (excludes halogenated alkanes) is 1. The minimum atomic E-state index is 0.195. The first-order valence-electron chi connectivity index (χ1n) is 8.49. The van der Waals surface area contributed by atoms with Gasteiger partial charge in [0.1, 0.15) is 0 Å². The highest BCUT2D eigenvalue weighted by atomic mass is 16.3. The van der Waals surface area contributed by atoms with Crippen LogP contribution < -0.4 is 5.32 Å². The van der Waals surface area contributed by atoms with E-state index in [0.29, 0.717) is 5.41 Å². The number of nitrogens with one attached hydrogen (secondary N) is 1. The van der Waals surface area contributed by atoms with Crippen molar-refractivity contribution in [2.75, 3.05) is 32.8 Å². The van der Waals surface area contributed by atoms with E-state index in [1.54, 1.807) is 0 Å². The molecular weight excluding hydrogens is 248 g/mol. The summed E-state index contributed by atoms with van der Waals surface area (Å²) in [7, 11) is 0. The molecule has 1 aliphatic rings. The smallest absolute Gasteiger partial charge is 0.0558 e. The maximum Gasteiger partial charge on any atom is 0.0558 e. The molecule has 2 N–H and O–H groups in total. The van der Waals surface area contributed by atoms with Crippen LogP contribution >= 0.6 is 0 Å². The van der Waals surface area contributed by atoms with Gasteiger partial charge in [-0.05, 0) is 52.0 Å². The normalized spacial score (nSPS) is 18.9. The second-order valence-corrected chi connectivity index (χ2v) is 7.66. The van der Waals surface area contributed by atoms with Crippen molar-refractivity contribution >= 4 is 0 Å². The molecule has 3 heteroatoms. The summed E-state index contributed by atoms with van der Waals surface area (Å²) < 4.78 is 0. The minimum absolute atomic E-state index is 0.195. The molecule has 0 aromatic rings. The summed E-state index contributed by atoms with van der Waals surface area (Å²) in [6, 6.07) is 0. The zero-order chi connectivity index (χ0) is 15.1. The lowest BCUT2D eigenvalue weighted by Crippen LogP contribution is -2.48. The van der Waals surface area contributed by atoms with Gasteiger partial charge in [-0.1, -0.05) is 26.2 Å². The van der Waals surface area contributed by atoms with E-state index in [4.69, 9.17) is 0 Å². The molecule has 0 bridgehead atoms. The zero-order valence-electron chi connectivity index (χ0n) is 14.2. The number of rotatable bonds is 9. The van der Waals surface area contributed by atoms with Crippen LogP contribution in [0.4, 0.5) is 0 Å². The number of aliphatic hydroxyl groups is 1. The number of hydrogen-bond acceptors (Lipinski definition) is 3. The van der Waals surface area contributed by atoms with E-state index < -0.39 is 0 Å². The Morgan fingerprint density at radius 1 is 1.15 bits per heavy atom. The van der Waals surface area contributed by atoms with Gasteiger partial charge in [0.05, 0.1) is 6.61 Å². The van der Waals surface area contributed by atoms with E-state index in [-0.39, 0.29) is 12.1 Å². The maximum atomic E-state index is 9.30. The van der Waals surface area contributed by atoms with Crippen molar-refractivity contribution in [1.82, 2.24) is 10.2 Å². The average Bonchev–Trinajstić information content (AvgIpc) is 2.82. The van der Waals surface area contributed by atoms with Gasteiger partial charge >= 0.3 is 0 Å². The molecule has 0 saturated heterocycles. The van der Waals surface area contributed by atoms with Crippen molar-refractivity contribution in [2.24, 2.45) is 5.41 Å². The fourth-order valence-electron chi connectivity index (χ4n) is 3.24. The van der Waals surface area contributed by atoms with Crippen LogP contribution in [0, 0.1) is 5.41 Å². The number of hydrogen-bond donors (Lipinski definition) is 2. The largest absolute Gasteiger partial charge is 0.395 e. The SMILES string of the molecule is CCCCN(CCO)CC1(CNC(C)(C)C)CCCC1. The van der Waals surface area contributed by atoms with Gasteiger partial charge in [-0.2, -0.15) is 0 Å². The van der Waals surface area contributed by atoms with Crippen LogP contribution in [0.5, 0.6) is 0 Å². The van der Waals surface area contributed by atoms with E-state index in [9.17, 15) is 5.11 Å². The molecule has 0 spiro atoms. The Hall–Kier alpha value is -0.120. The van der Waals surface area contributed by atoms with E-state index in [0.717, 1.165) is 26.2 Å². The van der Waals surface area contributed by atoms with E-state index in [2.05, 4.69) is 37.9 Å². The summed E-state index contributed by atoms with van der Waals surface area (Å²) in [5.41, 5.74) is 0.622. The maximum absolute atomic E-state index is 9.30. The van der Waals surface area contributed by atoms with Gasteiger partial charge < -0.3 is 15.3 Å². The summed E-state index contributed by atoms with van der Waals surface area (Å²) >= 11 is 0. The van der Waals surface area contributed by atoms with E-state index in [1.807, 2.05) is 0 Å². The molecule has 0 heterocycles. The summed E-state index contributed by atoms with van der Waals surface area (Å²) in [5, 5.41) is 13.0. The van der Waals surface area contributed by atoms with Crippen molar-refractivity contribution in [3.8, 4) is 0 Å². The van der Waals surface area contributed by atoms with Gasteiger partial charge in [-0.3, -0.25) is 0 Å². The Labute approximate surface area is 126 Å². The van der Waals surface area contributed by atoms with Crippen molar-refractivity contribution in [1.29, 1.82) is 0 Å². The molecule has 1 fully saturated rings. The molecule has 1 rings (SSSR count). The van der Waals surface area contributed by atoms with Crippen LogP contribution in [0.15, 0.2) is 0 Å². The van der Waals surface area contributed by atoms with Gasteiger partial charge in [0, 0.05) is 25.2 Å². The summed E-state index contributed by atoms with van der Waals surface area (Å²) in [6.45, 7) is 13.5. The molecule has 20 heavy (non-hydrogen) atoms. The fraction of sp³-hybridized carbons (Fsp3) is 1.00. The first kappa shape index (κ1) is 17.9. The second-order valence-electron chi connectivity index (χ2n) is 7.66. The molecule has 0 unspecified atom stereocenters. The van der Waals surface area contributed by atoms with Gasteiger partial charge in [0.2, 0.25) is 0 Å². The van der Waals surface area contributed by atoms with E-state index in [1.165, 1.54) is 38.5 Å². The van der Waals surface area contributed by atoms with Crippen molar-refractivity contribution in [3.63, 3.8) is 0 Å². The highest BCUT2D eigenvalue weighted by Crippen LogP contribution is 2.38. The Kier molecular flexibility index (Phi) is 7.49. The third kappa shape index (κ3) is 6.55. The van der Waals surface area contributed by atoms with Crippen LogP contribution in [-0.2, 0) is 0 Å². The predicted molar refractivity (Wildman–Crippen MR) is 87.1 cm³/mol.